The maximum Gasteiger partial charge on any atom is 0.270 e. The van der Waals surface area contributed by atoms with Crippen LogP contribution in [0.3, 0.4) is 0 Å². The van der Waals surface area contributed by atoms with Crippen LogP contribution in [0.4, 0.5) is 0 Å². The largest absolute Gasteiger partial charge is 0.289 e. The molecule has 0 fully saturated rings. The standard InChI is InChI=1S/C46H26N4O2S2/c1-45(2)33-19-30-34(20-29(33)43-35(45)17-23(53-43)15-31-39(37(21-47)49-5)25-11-7-9-13-27(25)41(31)51)46(3,4)36-18-24(54-44(30)36)16-32-40(38(22-48)50-6)26-12-8-10-14-28(26)42(32)52/h7-20H,1-4H3/b31-15-,32-16-,39-37+,40-38?. The predicted molar refractivity (Wildman–Crippen MR) is 213 cm³/mol. The van der Waals surface area contributed by atoms with E-state index in [4.69, 9.17) is 13.1 Å². The minimum absolute atomic E-state index is 0.0916. The maximum atomic E-state index is 13.6. The topological polar surface area (TPSA) is 90.4 Å². The van der Waals surface area contributed by atoms with E-state index in [0.717, 1.165) is 30.6 Å². The summed E-state index contributed by atoms with van der Waals surface area (Å²) < 4.78 is 0. The third kappa shape index (κ3) is 4.33. The highest BCUT2D eigenvalue weighted by atomic mass is 32.1. The summed E-state index contributed by atoms with van der Waals surface area (Å²) in [5, 5.41) is 19.6. The van der Waals surface area contributed by atoms with Crippen LogP contribution in [0.5, 0.6) is 0 Å². The Morgan fingerprint density at radius 1 is 0.593 bits per heavy atom. The van der Waals surface area contributed by atoms with Crippen LogP contribution in [-0.4, -0.2) is 11.6 Å². The van der Waals surface area contributed by atoms with Crippen LogP contribution in [0, 0.1) is 35.8 Å². The van der Waals surface area contributed by atoms with Crippen molar-refractivity contribution in [2.24, 2.45) is 0 Å². The Labute approximate surface area is 320 Å². The lowest BCUT2D eigenvalue weighted by molar-refractivity contribution is 0.103. The summed E-state index contributed by atoms with van der Waals surface area (Å²) in [6.45, 7) is 24.2. The van der Waals surface area contributed by atoms with Gasteiger partial charge in [-0.3, -0.25) is 9.59 Å². The monoisotopic (exact) mass is 730 g/mol. The fraction of sp³-hybridized carbons (Fsp3) is 0.130. The molecule has 0 unspecified atom stereocenters. The van der Waals surface area contributed by atoms with Gasteiger partial charge in [0.15, 0.2) is 11.6 Å². The summed E-state index contributed by atoms with van der Waals surface area (Å²) >= 11 is 3.24. The average molecular weight is 731 g/mol. The van der Waals surface area contributed by atoms with Crippen LogP contribution < -0.4 is 0 Å². The van der Waals surface area contributed by atoms with Gasteiger partial charge >= 0.3 is 0 Å². The summed E-state index contributed by atoms with van der Waals surface area (Å²) in [4.78, 5) is 38.3. The molecular formula is C46H26N4O2S2. The second-order valence-corrected chi connectivity index (χ2v) is 16.9. The van der Waals surface area contributed by atoms with Gasteiger partial charge in [-0.25, -0.2) is 20.2 Å². The molecule has 0 bridgehead atoms. The highest BCUT2D eigenvalue weighted by Crippen LogP contribution is 2.60. The zero-order valence-corrected chi connectivity index (χ0v) is 31.1. The summed E-state index contributed by atoms with van der Waals surface area (Å²) in [5.74, 6) is -0.367. The quantitative estimate of drug-likeness (QED) is 0.103. The molecule has 0 saturated carbocycles. The second kappa shape index (κ2) is 11.4. The van der Waals surface area contributed by atoms with Gasteiger partial charge in [-0.2, -0.15) is 0 Å². The Morgan fingerprint density at radius 2 is 0.963 bits per heavy atom. The zero-order chi connectivity index (χ0) is 37.8. The van der Waals surface area contributed by atoms with Crippen molar-refractivity contribution in [3.63, 3.8) is 0 Å². The van der Waals surface area contributed by atoms with Crippen LogP contribution in [0.25, 0.3) is 53.9 Å². The van der Waals surface area contributed by atoms with E-state index in [9.17, 15) is 20.1 Å². The van der Waals surface area contributed by atoms with Crippen molar-refractivity contribution in [2.75, 3.05) is 0 Å². The molecule has 9 rings (SSSR count). The van der Waals surface area contributed by atoms with Gasteiger partial charge < -0.3 is 0 Å². The smallest absolute Gasteiger partial charge is 0.270 e. The molecule has 0 N–H and O–H groups in total. The Balaban J connectivity index is 1.14. The molecule has 0 aliphatic heterocycles. The number of nitrogens with zero attached hydrogens (tertiary/aromatic N) is 4. The van der Waals surface area contributed by atoms with Gasteiger partial charge in [0.25, 0.3) is 11.4 Å². The van der Waals surface area contributed by atoms with Crippen LogP contribution in [0.15, 0.2) is 95.3 Å². The second-order valence-electron chi connectivity index (χ2n) is 14.7. The summed E-state index contributed by atoms with van der Waals surface area (Å²) in [5.41, 5.74) is 10.00. The molecule has 0 radical (unpaired) electrons. The Morgan fingerprint density at radius 3 is 1.31 bits per heavy atom. The highest BCUT2D eigenvalue weighted by molar-refractivity contribution is 7.17. The number of carbonyl (C=O) groups excluding carboxylic acids is 2. The molecule has 0 saturated heterocycles. The lowest BCUT2D eigenvalue weighted by atomic mass is 9.79. The number of hydrogen-bond donors (Lipinski definition) is 0. The molecule has 8 heteroatoms. The van der Waals surface area contributed by atoms with Gasteiger partial charge in [0.2, 0.25) is 0 Å². The number of rotatable bonds is 2. The molecule has 54 heavy (non-hydrogen) atoms. The minimum atomic E-state index is -0.341. The number of Topliss-reactive ketones (excluding diaryl/α,β-unsaturated/α-hetero) is 2. The first kappa shape index (κ1) is 33.2. The maximum absolute atomic E-state index is 13.6. The average Bonchev–Trinajstić information content (AvgIpc) is 3.98. The van der Waals surface area contributed by atoms with Crippen LogP contribution in [0.2, 0.25) is 0 Å². The third-order valence-electron chi connectivity index (χ3n) is 11.2. The van der Waals surface area contributed by atoms with Crippen molar-refractivity contribution in [3.05, 3.63) is 172 Å². The van der Waals surface area contributed by atoms with Crippen molar-refractivity contribution < 1.29 is 9.59 Å². The minimum Gasteiger partial charge on any atom is -0.289 e. The van der Waals surface area contributed by atoms with Crippen LogP contribution in [-0.2, 0) is 10.8 Å². The molecule has 2 heterocycles. The zero-order valence-electron chi connectivity index (χ0n) is 29.5. The molecule has 254 valence electrons. The first-order chi connectivity index (χ1) is 25.9. The highest BCUT2D eigenvalue weighted by Gasteiger charge is 2.44. The molecule has 0 spiro atoms. The van der Waals surface area contributed by atoms with Gasteiger partial charge in [0, 0.05) is 63.8 Å². The van der Waals surface area contributed by atoms with Gasteiger partial charge in [0.05, 0.1) is 25.3 Å². The molecule has 4 aliphatic carbocycles. The normalized spacial score (nSPS) is 19.6. The number of benzene rings is 3. The molecule has 2 aromatic heterocycles. The molecule has 5 aromatic rings. The molecule has 3 aromatic carbocycles. The predicted octanol–water partition coefficient (Wildman–Crippen LogP) is 11.3. The van der Waals surface area contributed by atoms with Crippen molar-refractivity contribution in [2.45, 2.75) is 38.5 Å². The number of nitriles is 2. The molecule has 4 aliphatic rings. The number of hydrogen-bond acceptors (Lipinski definition) is 6. The SMILES string of the molecule is [C-]#[N+]C(C#N)=C1/C(=C/c2cc3c(s2)-c2cc4c(cc2C3(C)C)-c2sc(/C=C3\C(=O)c5ccccc5\C3=C(\C#N)[N+]#[C-])cc2C4(C)C)C(=O)c2ccccc21. The summed E-state index contributed by atoms with van der Waals surface area (Å²) in [7, 11) is 0. The van der Waals surface area contributed by atoms with E-state index in [1.165, 1.54) is 22.3 Å². The third-order valence-corrected chi connectivity index (χ3v) is 13.5. The summed E-state index contributed by atoms with van der Waals surface area (Å²) in [6, 6.07) is 27.2. The van der Waals surface area contributed by atoms with E-state index in [0.29, 0.717) is 44.5 Å². The fourth-order valence-electron chi connectivity index (χ4n) is 8.54. The lowest BCUT2D eigenvalue weighted by Gasteiger charge is -2.24. The molecule has 0 amide bonds. The van der Waals surface area contributed by atoms with E-state index < -0.39 is 0 Å². The number of ketones is 2. The number of fused-ring (bicyclic) bond motifs is 8. The number of allylic oxidation sites excluding steroid dienone is 6. The molecule has 6 nitrogen and oxygen atoms in total. The van der Waals surface area contributed by atoms with Crippen LogP contribution >= 0.6 is 22.7 Å². The Hall–Kier alpha value is -6.68. The van der Waals surface area contributed by atoms with Crippen molar-refractivity contribution in [3.8, 4) is 33.0 Å². The van der Waals surface area contributed by atoms with E-state index in [-0.39, 0.29) is 33.8 Å². The van der Waals surface area contributed by atoms with E-state index in [1.54, 1.807) is 59.1 Å². The van der Waals surface area contributed by atoms with E-state index in [2.05, 4.69) is 61.7 Å². The Kier molecular flexibility index (Phi) is 7.01. The van der Waals surface area contributed by atoms with Gasteiger partial charge in [-0.1, -0.05) is 76.2 Å². The lowest BCUT2D eigenvalue weighted by Crippen LogP contribution is -2.16. The molecular weight excluding hydrogens is 705 g/mol. The van der Waals surface area contributed by atoms with E-state index >= 15 is 0 Å². The fourth-order valence-corrected chi connectivity index (χ4v) is 11.1. The summed E-state index contributed by atoms with van der Waals surface area (Å²) in [6.07, 6.45) is 3.69. The van der Waals surface area contributed by atoms with Gasteiger partial charge in [-0.15, -0.1) is 22.7 Å². The van der Waals surface area contributed by atoms with Crippen molar-refractivity contribution >= 4 is 57.5 Å². The van der Waals surface area contributed by atoms with Crippen molar-refractivity contribution in [1.29, 1.82) is 10.5 Å². The first-order valence-corrected chi connectivity index (χ1v) is 18.8. The van der Waals surface area contributed by atoms with E-state index in [1.807, 2.05) is 36.4 Å². The van der Waals surface area contributed by atoms with Gasteiger partial charge in [-0.05, 0) is 80.9 Å². The Bertz CT molecular complexity index is 2730. The van der Waals surface area contributed by atoms with Crippen molar-refractivity contribution in [1.82, 2.24) is 0 Å². The number of carbonyl (C=O) groups is 2. The first-order valence-electron chi connectivity index (χ1n) is 17.2. The molecule has 0 atom stereocenters. The van der Waals surface area contributed by atoms with Gasteiger partial charge in [0.1, 0.15) is 0 Å². The number of thiophene rings is 2. The van der Waals surface area contributed by atoms with Crippen LogP contribution in [0.1, 0.15) is 91.5 Å².